The van der Waals surface area contributed by atoms with Gasteiger partial charge in [-0.2, -0.15) is 0 Å². The van der Waals surface area contributed by atoms with Gasteiger partial charge in [0.2, 0.25) is 0 Å². The number of carbonyl (C=O) groups is 2. The Kier molecular flexibility index (Phi) is 3.85. The second kappa shape index (κ2) is 5.57. The molecule has 7 atom stereocenters. The highest BCUT2D eigenvalue weighted by Gasteiger charge is 2.60. The number of hydrogen-bond donors (Lipinski definition) is 0. The van der Waals surface area contributed by atoms with Crippen LogP contribution in [-0.2, 0) is 14.3 Å². The van der Waals surface area contributed by atoms with Crippen LogP contribution >= 0.6 is 0 Å². The average molecular weight is 332 g/mol. The molecule has 4 rings (SSSR count). The molecule has 4 saturated carbocycles. The Morgan fingerprint density at radius 3 is 2.58 bits per heavy atom. The molecule has 4 aliphatic rings. The minimum atomic E-state index is -0.129. The highest BCUT2D eigenvalue weighted by atomic mass is 16.5. The van der Waals surface area contributed by atoms with Crippen LogP contribution in [0.4, 0.5) is 0 Å². The van der Waals surface area contributed by atoms with E-state index < -0.39 is 0 Å². The Bertz CT molecular complexity index is 555. The zero-order valence-corrected chi connectivity index (χ0v) is 15.5. The molecular formula is C21H32O3. The van der Waals surface area contributed by atoms with Gasteiger partial charge in [-0.3, -0.25) is 9.59 Å². The summed E-state index contributed by atoms with van der Waals surface area (Å²) in [6.45, 7) is 6.30. The van der Waals surface area contributed by atoms with Gasteiger partial charge in [-0.05, 0) is 80.5 Å². The molecule has 134 valence electrons. The number of fused-ring (bicyclic) bond motifs is 5. The topological polar surface area (TPSA) is 43.4 Å². The first kappa shape index (κ1) is 16.6. The maximum absolute atomic E-state index is 12.5. The molecule has 0 heterocycles. The predicted octanol–water partition coefficient (Wildman–Crippen LogP) is 4.53. The van der Waals surface area contributed by atoms with Crippen LogP contribution in [0.1, 0.15) is 78.6 Å². The molecule has 0 saturated heterocycles. The molecule has 0 N–H and O–H groups in total. The van der Waals surface area contributed by atoms with Crippen LogP contribution in [0.5, 0.6) is 0 Å². The highest BCUT2D eigenvalue weighted by Crippen LogP contribution is 2.65. The van der Waals surface area contributed by atoms with Gasteiger partial charge in [0.05, 0.1) is 0 Å². The fourth-order valence-electron chi connectivity index (χ4n) is 7.33. The second-order valence-electron chi connectivity index (χ2n) is 9.58. The quantitative estimate of drug-likeness (QED) is 0.663. The van der Waals surface area contributed by atoms with Gasteiger partial charge in [0.1, 0.15) is 11.9 Å². The van der Waals surface area contributed by atoms with Crippen molar-refractivity contribution in [3.63, 3.8) is 0 Å². The van der Waals surface area contributed by atoms with Gasteiger partial charge in [-0.15, -0.1) is 0 Å². The highest BCUT2D eigenvalue weighted by molar-refractivity contribution is 5.87. The summed E-state index contributed by atoms with van der Waals surface area (Å²) in [7, 11) is 0. The largest absolute Gasteiger partial charge is 0.463 e. The Morgan fingerprint density at radius 1 is 1.04 bits per heavy atom. The summed E-state index contributed by atoms with van der Waals surface area (Å²) in [5.41, 5.74) is 0.381. The van der Waals surface area contributed by atoms with Crippen LogP contribution in [-0.4, -0.2) is 17.9 Å². The van der Waals surface area contributed by atoms with Crippen molar-refractivity contribution >= 4 is 11.8 Å². The molecule has 3 heteroatoms. The number of ether oxygens (including phenoxy) is 1. The summed E-state index contributed by atoms with van der Waals surface area (Å²) in [5.74, 6) is 3.26. The standard InChI is InChI=1S/C21H32O3/c1-13(22)24-15-8-10-20(2)14(12-15)4-5-16-17-6-7-19(23)21(17,3)11-9-18(16)20/h14-18H,4-12H2,1-3H3/t14-,15-,16+,17+,18+,20-,21+/m0/s1. The lowest BCUT2D eigenvalue weighted by Gasteiger charge is -2.60. The number of esters is 1. The summed E-state index contributed by atoms with van der Waals surface area (Å²) in [6.07, 6.45) is 10.2. The van der Waals surface area contributed by atoms with Gasteiger partial charge in [0, 0.05) is 18.8 Å². The first-order valence-corrected chi connectivity index (χ1v) is 10.0. The van der Waals surface area contributed by atoms with E-state index in [4.69, 9.17) is 4.74 Å². The van der Waals surface area contributed by atoms with E-state index >= 15 is 0 Å². The van der Waals surface area contributed by atoms with E-state index in [9.17, 15) is 9.59 Å². The Hall–Kier alpha value is -0.860. The summed E-state index contributed by atoms with van der Waals surface area (Å²) < 4.78 is 5.54. The van der Waals surface area contributed by atoms with Crippen LogP contribution < -0.4 is 0 Å². The lowest BCUT2D eigenvalue weighted by Crippen LogP contribution is -2.54. The number of rotatable bonds is 1. The number of carbonyl (C=O) groups excluding carboxylic acids is 2. The van der Waals surface area contributed by atoms with Crippen LogP contribution in [0.2, 0.25) is 0 Å². The zero-order valence-electron chi connectivity index (χ0n) is 15.5. The van der Waals surface area contributed by atoms with Crippen LogP contribution in [0.3, 0.4) is 0 Å². The SMILES string of the molecule is CC(=O)O[C@H]1CC[C@@]2(C)[C@@H](CC[C@H]3[C@H]2CC[C@@]2(C)C(=O)CC[C@H]32)C1. The van der Waals surface area contributed by atoms with Crippen molar-refractivity contribution in [2.75, 3.05) is 0 Å². The number of Topliss-reactive ketones (excluding diaryl/α,β-unsaturated/α-hetero) is 1. The van der Waals surface area contributed by atoms with Crippen molar-refractivity contribution in [1.82, 2.24) is 0 Å². The van der Waals surface area contributed by atoms with Crippen LogP contribution in [0.25, 0.3) is 0 Å². The van der Waals surface area contributed by atoms with Crippen LogP contribution in [0, 0.1) is 34.5 Å². The minimum absolute atomic E-state index is 0.0146. The fraction of sp³-hybridized carbons (Fsp3) is 0.905. The zero-order chi connectivity index (χ0) is 17.1. The molecule has 4 aliphatic carbocycles. The smallest absolute Gasteiger partial charge is 0.302 e. The summed E-state index contributed by atoms with van der Waals surface area (Å²) in [5, 5.41) is 0. The van der Waals surface area contributed by atoms with E-state index in [1.165, 1.54) is 32.6 Å². The fourth-order valence-corrected chi connectivity index (χ4v) is 7.33. The van der Waals surface area contributed by atoms with Gasteiger partial charge in [0.25, 0.3) is 0 Å². The number of ketones is 1. The van der Waals surface area contributed by atoms with Crippen molar-refractivity contribution in [2.24, 2.45) is 34.5 Å². The Labute approximate surface area is 145 Å². The number of hydrogen-bond acceptors (Lipinski definition) is 3. The molecule has 3 nitrogen and oxygen atoms in total. The summed E-state index contributed by atoms with van der Waals surface area (Å²) >= 11 is 0. The van der Waals surface area contributed by atoms with Gasteiger partial charge < -0.3 is 4.74 Å². The Balaban J connectivity index is 1.54. The van der Waals surface area contributed by atoms with E-state index in [1.807, 2.05) is 0 Å². The molecule has 24 heavy (non-hydrogen) atoms. The maximum Gasteiger partial charge on any atom is 0.302 e. The van der Waals surface area contributed by atoms with E-state index in [-0.39, 0.29) is 17.5 Å². The summed E-state index contributed by atoms with van der Waals surface area (Å²) in [6, 6.07) is 0. The van der Waals surface area contributed by atoms with Crippen molar-refractivity contribution in [3.05, 3.63) is 0 Å². The van der Waals surface area contributed by atoms with Crippen molar-refractivity contribution < 1.29 is 14.3 Å². The molecule has 0 aliphatic heterocycles. The molecule has 0 aromatic carbocycles. The maximum atomic E-state index is 12.5. The van der Waals surface area contributed by atoms with Crippen LogP contribution in [0.15, 0.2) is 0 Å². The Morgan fingerprint density at radius 2 is 1.83 bits per heavy atom. The van der Waals surface area contributed by atoms with E-state index in [0.717, 1.165) is 43.9 Å². The normalized spacial score (nSPS) is 50.6. The van der Waals surface area contributed by atoms with Crippen molar-refractivity contribution in [2.45, 2.75) is 84.7 Å². The predicted molar refractivity (Wildman–Crippen MR) is 92.3 cm³/mol. The molecule has 0 aromatic heterocycles. The molecule has 0 spiro atoms. The minimum Gasteiger partial charge on any atom is -0.463 e. The lowest BCUT2D eigenvalue weighted by molar-refractivity contribution is -0.160. The first-order chi connectivity index (χ1) is 11.3. The third-order valence-electron chi connectivity index (χ3n) is 8.66. The van der Waals surface area contributed by atoms with Gasteiger partial charge in [0.15, 0.2) is 0 Å². The summed E-state index contributed by atoms with van der Waals surface area (Å²) in [4.78, 5) is 23.8. The molecule has 0 amide bonds. The van der Waals surface area contributed by atoms with Gasteiger partial charge >= 0.3 is 5.97 Å². The molecule has 0 bridgehead atoms. The third-order valence-corrected chi connectivity index (χ3v) is 8.66. The van der Waals surface area contributed by atoms with E-state index in [0.29, 0.717) is 23.0 Å². The average Bonchev–Trinajstić information content (AvgIpc) is 2.83. The lowest BCUT2D eigenvalue weighted by atomic mass is 9.45. The van der Waals surface area contributed by atoms with Gasteiger partial charge in [-0.25, -0.2) is 0 Å². The molecule has 0 radical (unpaired) electrons. The third kappa shape index (κ3) is 2.29. The molecule has 0 aromatic rings. The van der Waals surface area contributed by atoms with E-state index in [2.05, 4.69) is 13.8 Å². The van der Waals surface area contributed by atoms with Crippen molar-refractivity contribution in [1.29, 1.82) is 0 Å². The molecule has 0 unspecified atom stereocenters. The van der Waals surface area contributed by atoms with E-state index in [1.54, 1.807) is 0 Å². The van der Waals surface area contributed by atoms with Crippen molar-refractivity contribution in [3.8, 4) is 0 Å². The second-order valence-corrected chi connectivity index (χ2v) is 9.58. The first-order valence-electron chi connectivity index (χ1n) is 10.0. The molecular weight excluding hydrogens is 300 g/mol. The molecule has 4 fully saturated rings. The van der Waals surface area contributed by atoms with Gasteiger partial charge in [-0.1, -0.05) is 13.8 Å². The monoisotopic (exact) mass is 332 g/mol.